The summed E-state index contributed by atoms with van der Waals surface area (Å²) >= 11 is 0. The Hall–Kier alpha value is -1.84. The van der Waals surface area contributed by atoms with Gasteiger partial charge in [-0.1, -0.05) is 48.5 Å². The number of nitrogens with two attached hydrogens (primary N) is 1. The van der Waals surface area contributed by atoms with Crippen LogP contribution >= 0.6 is 0 Å². The minimum Gasteiger partial charge on any atom is -0.399 e. The Morgan fingerprint density at radius 1 is 0.842 bits per heavy atom. The number of nitrogen functional groups attached to an aromatic ring is 1. The van der Waals surface area contributed by atoms with E-state index in [4.69, 9.17) is 15.2 Å². The first-order chi connectivity index (χ1) is 9.36. The van der Waals surface area contributed by atoms with E-state index in [0.717, 1.165) is 23.2 Å². The lowest BCUT2D eigenvalue weighted by Crippen LogP contribution is -2.05. The van der Waals surface area contributed by atoms with Gasteiger partial charge in [0.05, 0.1) is 13.2 Å². The highest BCUT2D eigenvalue weighted by molar-refractivity contribution is 5.46. The smallest absolute Gasteiger partial charge is 0.147 e. The summed E-state index contributed by atoms with van der Waals surface area (Å²) in [6, 6.07) is 17.9. The molecule has 0 aliphatic rings. The van der Waals surface area contributed by atoms with Crippen LogP contribution in [0.25, 0.3) is 0 Å². The second kappa shape index (κ2) is 7.56. The first-order valence-electron chi connectivity index (χ1n) is 6.39. The molecular weight excluding hydrogens is 238 g/mol. The predicted molar refractivity (Wildman–Crippen MR) is 76.6 cm³/mol. The van der Waals surface area contributed by atoms with E-state index < -0.39 is 0 Å². The van der Waals surface area contributed by atoms with Crippen LogP contribution in [0.1, 0.15) is 11.1 Å². The SMILES string of the molecule is Nc1ccccc1CCOCOCc1ccccc1. The lowest BCUT2D eigenvalue weighted by Gasteiger charge is -2.07. The van der Waals surface area contributed by atoms with Crippen molar-refractivity contribution in [3.05, 3.63) is 65.7 Å². The quantitative estimate of drug-likeness (QED) is 0.471. The van der Waals surface area contributed by atoms with Gasteiger partial charge in [-0.15, -0.1) is 0 Å². The monoisotopic (exact) mass is 257 g/mol. The fourth-order valence-corrected chi connectivity index (χ4v) is 1.80. The molecule has 2 N–H and O–H groups in total. The van der Waals surface area contributed by atoms with Crippen molar-refractivity contribution < 1.29 is 9.47 Å². The first-order valence-corrected chi connectivity index (χ1v) is 6.39. The Balaban J connectivity index is 1.59. The lowest BCUT2D eigenvalue weighted by atomic mass is 10.1. The third-order valence-electron chi connectivity index (χ3n) is 2.85. The van der Waals surface area contributed by atoms with Gasteiger partial charge in [0.15, 0.2) is 0 Å². The fraction of sp³-hybridized carbons (Fsp3) is 0.250. The average Bonchev–Trinajstić information content (AvgIpc) is 2.45. The van der Waals surface area contributed by atoms with E-state index in [9.17, 15) is 0 Å². The van der Waals surface area contributed by atoms with Crippen molar-refractivity contribution in [1.82, 2.24) is 0 Å². The molecule has 2 aromatic rings. The molecule has 3 heteroatoms. The molecule has 3 nitrogen and oxygen atoms in total. The zero-order valence-electron chi connectivity index (χ0n) is 10.9. The second-order valence-electron chi connectivity index (χ2n) is 4.31. The molecule has 0 amide bonds. The highest BCUT2D eigenvalue weighted by Crippen LogP contribution is 2.10. The van der Waals surface area contributed by atoms with Crippen LogP contribution in [-0.4, -0.2) is 13.4 Å². The summed E-state index contributed by atoms with van der Waals surface area (Å²) in [6.45, 7) is 1.50. The maximum atomic E-state index is 5.85. The largest absolute Gasteiger partial charge is 0.399 e. The van der Waals surface area contributed by atoms with Crippen molar-refractivity contribution in [3.8, 4) is 0 Å². The van der Waals surface area contributed by atoms with Gasteiger partial charge in [0, 0.05) is 5.69 Å². The molecule has 0 aromatic heterocycles. The van der Waals surface area contributed by atoms with E-state index in [2.05, 4.69) is 0 Å². The normalized spacial score (nSPS) is 10.5. The molecule has 0 fully saturated rings. The van der Waals surface area contributed by atoms with E-state index in [0.29, 0.717) is 20.0 Å². The third-order valence-corrected chi connectivity index (χ3v) is 2.85. The molecule has 0 heterocycles. The minimum atomic E-state index is 0.307. The molecule has 0 saturated heterocycles. The molecule has 0 atom stereocenters. The number of anilines is 1. The van der Waals surface area contributed by atoms with Gasteiger partial charge in [-0.25, -0.2) is 0 Å². The molecule has 100 valence electrons. The number of benzene rings is 2. The van der Waals surface area contributed by atoms with E-state index in [1.807, 2.05) is 54.6 Å². The summed E-state index contributed by atoms with van der Waals surface area (Å²) in [7, 11) is 0. The topological polar surface area (TPSA) is 44.5 Å². The zero-order chi connectivity index (χ0) is 13.3. The molecule has 0 aliphatic carbocycles. The third kappa shape index (κ3) is 4.73. The summed E-state index contributed by atoms with van der Waals surface area (Å²) in [5.74, 6) is 0. The highest BCUT2D eigenvalue weighted by atomic mass is 16.7. The van der Waals surface area contributed by atoms with Gasteiger partial charge in [0.25, 0.3) is 0 Å². The minimum absolute atomic E-state index is 0.307. The van der Waals surface area contributed by atoms with Gasteiger partial charge >= 0.3 is 0 Å². The Kier molecular flexibility index (Phi) is 5.41. The molecular formula is C16H19NO2. The van der Waals surface area contributed by atoms with E-state index in [1.165, 1.54) is 0 Å². The van der Waals surface area contributed by atoms with Crippen LogP contribution in [0.15, 0.2) is 54.6 Å². The van der Waals surface area contributed by atoms with Gasteiger partial charge in [0.2, 0.25) is 0 Å². The fourth-order valence-electron chi connectivity index (χ4n) is 1.80. The number of hydrogen-bond acceptors (Lipinski definition) is 3. The first kappa shape index (κ1) is 13.6. The average molecular weight is 257 g/mol. The van der Waals surface area contributed by atoms with Crippen molar-refractivity contribution in [2.75, 3.05) is 19.1 Å². The van der Waals surface area contributed by atoms with E-state index >= 15 is 0 Å². The van der Waals surface area contributed by atoms with Crippen LogP contribution in [0.3, 0.4) is 0 Å². The van der Waals surface area contributed by atoms with Gasteiger partial charge < -0.3 is 15.2 Å². The number of hydrogen-bond donors (Lipinski definition) is 1. The number of rotatable bonds is 7. The zero-order valence-corrected chi connectivity index (χ0v) is 10.9. The van der Waals surface area contributed by atoms with Crippen LogP contribution in [0, 0.1) is 0 Å². The van der Waals surface area contributed by atoms with E-state index in [1.54, 1.807) is 0 Å². The second-order valence-corrected chi connectivity index (χ2v) is 4.31. The van der Waals surface area contributed by atoms with Crippen molar-refractivity contribution in [2.45, 2.75) is 13.0 Å². The molecule has 0 unspecified atom stereocenters. The molecule has 0 bridgehead atoms. The van der Waals surface area contributed by atoms with Crippen LogP contribution in [-0.2, 0) is 22.5 Å². The van der Waals surface area contributed by atoms with Gasteiger partial charge in [-0.3, -0.25) is 0 Å². The van der Waals surface area contributed by atoms with Crippen molar-refractivity contribution in [1.29, 1.82) is 0 Å². The summed E-state index contributed by atoms with van der Waals surface area (Å²) in [5.41, 5.74) is 8.93. The maximum absolute atomic E-state index is 5.85. The molecule has 0 aliphatic heterocycles. The number of para-hydroxylation sites is 1. The van der Waals surface area contributed by atoms with E-state index in [-0.39, 0.29) is 0 Å². The van der Waals surface area contributed by atoms with Crippen molar-refractivity contribution in [2.24, 2.45) is 0 Å². The predicted octanol–water partition coefficient (Wildman–Crippen LogP) is 3.00. The van der Waals surface area contributed by atoms with Crippen molar-refractivity contribution >= 4 is 5.69 Å². The van der Waals surface area contributed by atoms with Crippen LogP contribution in [0.2, 0.25) is 0 Å². The molecule has 0 radical (unpaired) electrons. The van der Waals surface area contributed by atoms with Gasteiger partial charge in [-0.05, 0) is 23.6 Å². The van der Waals surface area contributed by atoms with Crippen LogP contribution in [0.4, 0.5) is 5.69 Å². The maximum Gasteiger partial charge on any atom is 0.147 e. The standard InChI is InChI=1S/C16H19NO2/c17-16-9-5-4-8-15(16)10-11-18-13-19-12-14-6-2-1-3-7-14/h1-9H,10-13,17H2. The molecule has 0 spiro atoms. The van der Waals surface area contributed by atoms with Crippen molar-refractivity contribution in [3.63, 3.8) is 0 Å². The summed E-state index contributed by atoms with van der Waals surface area (Å²) < 4.78 is 10.9. The van der Waals surface area contributed by atoms with Crippen LogP contribution in [0.5, 0.6) is 0 Å². The molecule has 2 rings (SSSR count). The molecule has 0 saturated carbocycles. The lowest BCUT2D eigenvalue weighted by molar-refractivity contribution is -0.0604. The van der Waals surface area contributed by atoms with Gasteiger partial charge in [-0.2, -0.15) is 0 Å². The number of ether oxygens (including phenoxy) is 2. The summed E-state index contributed by atoms with van der Waals surface area (Å²) in [5, 5.41) is 0. The summed E-state index contributed by atoms with van der Waals surface area (Å²) in [4.78, 5) is 0. The Morgan fingerprint density at radius 2 is 1.58 bits per heavy atom. The Bertz CT molecular complexity index is 485. The molecule has 2 aromatic carbocycles. The summed E-state index contributed by atoms with van der Waals surface area (Å²) in [6.07, 6.45) is 0.807. The Morgan fingerprint density at radius 3 is 2.37 bits per heavy atom. The Labute approximate surface area is 114 Å². The van der Waals surface area contributed by atoms with Crippen LogP contribution < -0.4 is 5.73 Å². The molecule has 19 heavy (non-hydrogen) atoms. The highest BCUT2D eigenvalue weighted by Gasteiger charge is 1.97. The van der Waals surface area contributed by atoms with Gasteiger partial charge in [0.1, 0.15) is 6.79 Å².